The predicted octanol–water partition coefficient (Wildman–Crippen LogP) is 2.18. The number of alkyl carbamates (subject to hydrolysis) is 1. The summed E-state index contributed by atoms with van der Waals surface area (Å²) in [7, 11) is 0. The average molecular weight is 468 g/mol. The van der Waals surface area contributed by atoms with Gasteiger partial charge in [0.1, 0.15) is 12.6 Å². The van der Waals surface area contributed by atoms with E-state index < -0.39 is 30.1 Å². The van der Waals surface area contributed by atoms with Crippen LogP contribution in [0.5, 0.6) is 0 Å². The Labute approximate surface area is 189 Å². The molecule has 0 saturated heterocycles. The lowest BCUT2D eigenvalue weighted by atomic mass is 10.0. The maximum absolute atomic E-state index is 12.2. The highest BCUT2D eigenvalue weighted by Crippen LogP contribution is 2.25. The predicted molar refractivity (Wildman–Crippen MR) is 117 cm³/mol. The fraction of sp³-hybridized carbons (Fsp3) is 0.286. The molecule has 0 fully saturated rings. The van der Waals surface area contributed by atoms with Gasteiger partial charge in [-0.05, 0) is 23.3 Å². The topological polar surface area (TPSA) is 131 Å². The molecule has 3 amide bonds. The Kier molecular flexibility index (Phi) is 9.58. The molecule has 0 aliphatic carbocycles. The highest BCUT2D eigenvalue weighted by molar-refractivity contribution is 6.36. The lowest BCUT2D eigenvalue weighted by Crippen LogP contribution is -2.47. The van der Waals surface area contributed by atoms with Crippen LogP contribution in [-0.2, 0) is 27.4 Å². The molecule has 0 bridgehead atoms. The maximum atomic E-state index is 12.2. The van der Waals surface area contributed by atoms with E-state index in [9.17, 15) is 19.5 Å². The molecule has 0 radical (unpaired) electrons. The number of halogens is 2. The summed E-state index contributed by atoms with van der Waals surface area (Å²) >= 11 is 12.2. The molecule has 0 aliphatic rings. The molecule has 2 atom stereocenters. The summed E-state index contributed by atoms with van der Waals surface area (Å²) in [6, 6.07) is 12.9. The molecule has 0 aliphatic heterocycles. The minimum absolute atomic E-state index is 0.000261. The molecule has 8 nitrogen and oxygen atoms in total. The Balaban J connectivity index is 1.78. The van der Waals surface area contributed by atoms with Crippen molar-refractivity contribution in [1.29, 1.82) is 0 Å². The number of aliphatic hydroxyl groups excluding tert-OH is 1. The number of rotatable bonds is 10. The van der Waals surface area contributed by atoms with E-state index in [0.717, 1.165) is 5.56 Å². The first-order chi connectivity index (χ1) is 14.8. The van der Waals surface area contributed by atoms with Gasteiger partial charge in [0.15, 0.2) is 0 Å². The van der Waals surface area contributed by atoms with Gasteiger partial charge in [-0.15, -0.1) is 0 Å². The van der Waals surface area contributed by atoms with Crippen LogP contribution in [0.1, 0.15) is 17.5 Å². The molecule has 10 heteroatoms. The van der Waals surface area contributed by atoms with E-state index in [-0.39, 0.29) is 26.0 Å². The first-order valence-corrected chi connectivity index (χ1v) is 10.2. The van der Waals surface area contributed by atoms with Crippen molar-refractivity contribution in [1.82, 2.24) is 10.6 Å². The number of benzene rings is 2. The molecule has 0 saturated carbocycles. The van der Waals surface area contributed by atoms with E-state index in [4.69, 9.17) is 33.7 Å². The average Bonchev–Trinajstić information content (AvgIpc) is 2.73. The molecule has 166 valence electrons. The number of hydrogen-bond acceptors (Lipinski definition) is 5. The van der Waals surface area contributed by atoms with E-state index in [1.165, 1.54) is 0 Å². The van der Waals surface area contributed by atoms with Crippen LogP contribution in [0.4, 0.5) is 4.79 Å². The van der Waals surface area contributed by atoms with Crippen molar-refractivity contribution < 1.29 is 24.2 Å². The monoisotopic (exact) mass is 467 g/mol. The molecule has 2 rings (SSSR count). The zero-order valence-electron chi connectivity index (χ0n) is 16.5. The molecule has 0 unspecified atom stereocenters. The summed E-state index contributed by atoms with van der Waals surface area (Å²) in [5.74, 6) is -1.40. The van der Waals surface area contributed by atoms with E-state index in [1.54, 1.807) is 30.3 Å². The number of hydrogen-bond donors (Lipinski definition) is 4. The zero-order chi connectivity index (χ0) is 22.8. The van der Waals surface area contributed by atoms with Gasteiger partial charge in [0.25, 0.3) is 0 Å². The van der Waals surface area contributed by atoms with Gasteiger partial charge in [-0.3, -0.25) is 9.59 Å². The Morgan fingerprint density at radius 1 is 1.03 bits per heavy atom. The van der Waals surface area contributed by atoms with Gasteiger partial charge in [0.2, 0.25) is 11.8 Å². The van der Waals surface area contributed by atoms with Gasteiger partial charge < -0.3 is 26.2 Å². The summed E-state index contributed by atoms with van der Waals surface area (Å²) in [6.07, 6.45) is -2.29. The molecular formula is C21H23Cl2N3O5. The standard InChI is InChI=1S/C21H23Cl2N3O5/c22-16-7-4-8-17(23)15(16)10-18(20(24)29)26-19(28)9-14(27)11-25-21(30)31-12-13-5-2-1-3-6-13/h1-8,14,18,27H,9-12H2,(H2,24,29)(H,25,30)(H,26,28)/t14-,18-/m1/s1. The van der Waals surface area contributed by atoms with Crippen molar-refractivity contribution in [2.24, 2.45) is 5.73 Å². The van der Waals surface area contributed by atoms with E-state index in [1.807, 2.05) is 18.2 Å². The number of carbonyl (C=O) groups excluding carboxylic acids is 3. The molecule has 5 N–H and O–H groups in total. The third kappa shape index (κ3) is 8.45. The van der Waals surface area contributed by atoms with Gasteiger partial charge in [0, 0.05) is 23.0 Å². The lowest BCUT2D eigenvalue weighted by molar-refractivity contribution is -0.128. The number of ether oxygens (including phenoxy) is 1. The maximum Gasteiger partial charge on any atom is 0.407 e. The summed E-state index contributed by atoms with van der Waals surface area (Å²) in [6.45, 7) is -0.132. The van der Waals surface area contributed by atoms with E-state index >= 15 is 0 Å². The van der Waals surface area contributed by atoms with Crippen LogP contribution in [0.15, 0.2) is 48.5 Å². The quantitative estimate of drug-likeness (QED) is 0.425. The number of amides is 3. The van der Waals surface area contributed by atoms with Crippen molar-refractivity contribution in [2.75, 3.05) is 6.54 Å². The first kappa shape index (κ1) is 24.5. The van der Waals surface area contributed by atoms with Crippen LogP contribution in [-0.4, -0.2) is 41.7 Å². The Morgan fingerprint density at radius 3 is 2.29 bits per heavy atom. The van der Waals surface area contributed by atoms with Crippen LogP contribution in [0, 0.1) is 0 Å². The van der Waals surface area contributed by atoms with Crippen molar-refractivity contribution in [2.45, 2.75) is 31.6 Å². The van der Waals surface area contributed by atoms with Gasteiger partial charge >= 0.3 is 6.09 Å². The van der Waals surface area contributed by atoms with Crippen LogP contribution in [0.3, 0.4) is 0 Å². The Hall–Kier alpha value is -2.81. The van der Waals surface area contributed by atoms with Crippen LogP contribution in [0.2, 0.25) is 10.0 Å². The third-order valence-electron chi connectivity index (χ3n) is 4.26. The van der Waals surface area contributed by atoms with Crippen molar-refractivity contribution in [3.8, 4) is 0 Å². The number of primary amides is 1. The van der Waals surface area contributed by atoms with E-state index in [0.29, 0.717) is 15.6 Å². The fourth-order valence-corrected chi connectivity index (χ4v) is 3.22. The minimum atomic E-state index is -1.19. The Bertz CT molecular complexity index is 891. The molecule has 2 aromatic carbocycles. The molecule has 0 heterocycles. The number of carbonyl (C=O) groups is 3. The summed E-state index contributed by atoms with van der Waals surface area (Å²) in [4.78, 5) is 35.6. The largest absolute Gasteiger partial charge is 0.445 e. The van der Waals surface area contributed by atoms with E-state index in [2.05, 4.69) is 10.6 Å². The third-order valence-corrected chi connectivity index (χ3v) is 4.97. The van der Waals surface area contributed by atoms with Crippen molar-refractivity contribution >= 4 is 41.1 Å². The molecule has 0 aromatic heterocycles. The second-order valence-corrected chi connectivity index (χ2v) is 7.54. The highest BCUT2D eigenvalue weighted by atomic mass is 35.5. The number of aliphatic hydroxyl groups is 1. The van der Waals surface area contributed by atoms with Gasteiger partial charge in [-0.25, -0.2) is 4.79 Å². The normalized spacial score (nSPS) is 12.5. The lowest BCUT2D eigenvalue weighted by Gasteiger charge is -2.18. The first-order valence-electron chi connectivity index (χ1n) is 9.40. The van der Waals surface area contributed by atoms with Crippen molar-refractivity contribution in [3.63, 3.8) is 0 Å². The molecule has 2 aromatic rings. The minimum Gasteiger partial charge on any atom is -0.445 e. The molecular weight excluding hydrogens is 445 g/mol. The summed E-state index contributed by atoms with van der Waals surface area (Å²) in [5.41, 5.74) is 6.65. The highest BCUT2D eigenvalue weighted by Gasteiger charge is 2.22. The van der Waals surface area contributed by atoms with Crippen LogP contribution >= 0.6 is 23.2 Å². The van der Waals surface area contributed by atoms with Gasteiger partial charge in [-0.2, -0.15) is 0 Å². The summed E-state index contributed by atoms with van der Waals surface area (Å²) in [5, 5.41) is 15.5. The van der Waals surface area contributed by atoms with Crippen LogP contribution in [0.25, 0.3) is 0 Å². The zero-order valence-corrected chi connectivity index (χ0v) is 18.0. The van der Waals surface area contributed by atoms with Gasteiger partial charge in [-0.1, -0.05) is 59.6 Å². The SMILES string of the molecule is NC(=O)[C@@H](Cc1c(Cl)cccc1Cl)NC(=O)C[C@@H](O)CNC(=O)OCc1ccccc1. The second-order valence-electron chi connectivity index (χ2n) is 6.73. The Morgan fingerprint density at radius 2 is 1.68 bits per heavy atom. The number of nitrogens with two attached hydrogens (primary N) is 1. The molecule has 0 spiro atoms. The smallest absolute Gasteiger partial charge is 0.407 e. The summed E-state index contributed by atoms with van der Waals surface area (Å²) < 4.78 is 5.02. The van der Waals surface area contributed by atoms with Crippen LogP contribution < -0.4 is 16.4 Å². The molecule has 31 heavy (non-hydrogen) atoms. The number of nitrogens with one attached hydrogen (secondary N) is 2. The second kappa shape index (κ2) is 12.1. The van der Waals surface area contributed by atoms with Gasteiger partial charge in [0.05, 0.1) is 12.5 Å². The fourth-order valence-electron chi connectivity index (χ4n) is 2.67. The van der Waals surface area contributed by atoms with Crippen molar-refractivity contribution in [3.05, 3.63) is 69.7 Å².